The summed E-state index contributed by atoms with van der Waals surface area (Å²) in [6.45, 7) is 7.39. The van der Waals surface area contributed by atoms with Crippen molar-refractivity contribution in [1.82, 2.24) is 9.97 Å². The number of aromatic nitrogens is 2. The van der Waals surface area contributed by atoms with Crippen molar-refractivity contribution >= 4 is 40.2 Å². The Morgan fingerprint density at radius 2 is 1.36 bits per heavy atom. The summed E-state index contributed by atoms with van der Waals surface area (Å²) in [5, 5.41) is 3.26. The van der Waals surface area contributed by atoms with E-state index in [1.165, 1.54) is 14.0 Å². The Balaban J connectivity index is 1.43. The number of amides is 1. The average molecular weight is 580 g/mol. The highest BCUT2D eigenvalue weighted by molar-refractivity contribution is 6.31. The molecule has 1 aromatic heterocycles. The summed E-state index contributed by atoms with van der Waals surface area (Å²) in [5.74, 6) is -0.756. The molecular formula is C34H30ClN3O4. The third kappa shape index (κ3) is 6.11. The van der Waals surface area contributed by atoms with Crippen LogP contribution in [0.4, 0.5) is 5.69 Å². The van der Waals surface area contributed by atoms with Crippen molar-refractivity contribution in [2.45, 2.75) is 33.8 Å². The summed E-state index contributed by atoms with van der Waals surface area (Å²) in [6, 6.07) is 24.5. The first-order valence-electron chi connectivity index (χ1n) is 13.4. The first-order valence-corrected chi connectivity index (χ1v) is 13.8. The molecule has 0 bridgehead atoms. The molecule has 212 valence electrons. The minimum atomic E-state index is -1.08. The van der Waals surface area contributed by atoms with Crippen LogP contribution in [0.3, 0.4) is 0 Å². The lowest BCUT2D eigenvalue weighted by molar-refractivity contribution is -0.123. The lowest BCUT2D eigenvalue weighted by Gasteiger charge is -2.16. The second-order valence-electron chi connectivity index (χ2n) is 10.2. The van der Waals surface area contributed by atoms with Crippen LogP contribution < -0.4 is 10.1 Å². The number of fused-ring (bicyclic) bond motifs is 1. The number of benzene rings is 4. The zero-order chi connectivity index (χ0) is 30.0. The minimum Gasteiger partial charge on any atom is -0.495 e. The molecule has 0 spiro atoms. The summed E-state index contributed by atoms with van der Waals surface area (Å²) >= 11 is 6.17. The molecule has 8 heteroatoms. The first-order chi connectivity index (χ1) is 20.1. The van der Waals surface area contributed by atoms with E-state index in [0.717, 1.165) is 33.5 Å². The largest absolute Gasteiger partial charge is 0.495 e. The number of esters is 1. The molecule has 42 heavy (non-hydrogen) atoms. The van der Waals surface area contributed by atoms with E-state index in [1.807, 2.05) is 69.3 Å². The standard InChI is InChI=1S/C34H30ClN3O4/c1-19-6-10-23(11-7-19)31-32(24-12-8-20(2)9-13-24)37-28-17-25(14-15-27(28)36-31)34(40)42-22(4)33(39)38-29-16-21(3)26(35)18-30(29)41-5/h6-18,22H,1-5H3,(H,38,39). The second-order valence-corrected chi connectivity index (χ2v) is 10.6. The molecule has 5 rings (SSSR count). The normalized spacial score (nSPS) is 11.7. The van der Waals surface area contributed by atoms with Gasteiger partial charge in [0.2, 0.25) is 0 Å². The summed E-state index contributed by atoms with van der Waals surface area (Å²) in [6.07, 6.45) is -1.08. The predicted molar refractivity (Wildman–Crippen MR) is 166 cm³/mol. The highest BCUT2D eigenvalue weighted by Crippen LogP contribution is 2.33. The molecule has 1 unspecified atom stereocenters. The molecule has 0 aliphatic carbocycles. The molecule has 4 aromatic carbocycles. The molecule has 1 amide bonds. The Morgan fingerprint density at radius 3 is 1.93 bits per heavy atom. The zero-order valence-electron chi connectivity index (χ0n) is 24.0. The quantitative estimate of drug-likeness (QED) is 0.198. The molecule has 5 aromatic rings. The van der Waals surface area contributed by atoms with Gasteiger partial charge in [-0.3, -0.25) is 4.79 Å². The smallest absolute Gasteiger partial charge is 0.338 e. The molecule has 1 atom stereocenters. The van der Waals surface area contributed by atoms with Gasteiger partial charge in [-0.15, -0.1) is 0 Å². The number of halogens is 1. The van der Waals surface area contributed by atoms with Crippen LogP contribution in [-0.4, -0.2) is 35.1 Å². The molecule has 0 fully saturated rings. The van der Waals surface area contributed by atoms with Gasteiger partial charge in [0.15, 0.2) is 6.10 Å². The zero-order valence-corrected chi connectivity index (χ0v) is 24.7. The van der Waals surface area contributed by atoms with Crippen LogP contribution in [0.25, 0.3) is 33.5 Å². The predicted octanol–water partition coefficient (Wildman–Crippen LogP) is 7.74. The van der Waals surface area contributed by atoms with Crippen LogP contribution in [0.2, 0.25) is 5.02 Å². The van der Waals surface area contributed by atoms with Gasteiger partial charge in [-0.25, -0.2) is 14.8 Å². The van der Waals surface area contributed by atoms with Crippen molar-refractivity contribution in [3.63, 3.8) is 0 Å². The van der Waals surface area contributed by atoms with Crippen LogP contribution in [0.5, 0.6) is 5.75 Å². The summed E-state index contributed by atoms with van der Waals surface area (Å²) in [5.41, 5.74) is 8.23. The van der Waals surface area contributed by atoms with Crippen LogP contribution in [0.1, 0.15) is 34.0 Å². The van der Waals surface area contributed by atoms with Gasteiger partial charge in [-0.1, -0.05) is 71.3 Å². The topological polar surface area (TPSA) is 90.4 Å². The van der Waals surface area contributed by atoms with Crippen LogP contribution in [-0.2, 0) is 9.53 Å². The molecule has 0 radical (unpaired) electrons. The number of methoxy groups -OCH3 is 1. The van der Waals surface area contributed by atoms with Crippen molar-refractivity contribution in [1.29, 1.82) is 0 Å². The fourth-order valence-corrected chi connectivity index (χ4v) is 4.61. The Kier molecular flexibility index (Phi) is 8.22. The number of carbonyl (C=O) groups is 2. The van der Waals surface area contributed by atoms with Crippen molar-refractivity contribution < 1.29 is 19.1 Å². The molecule has 0 saturated heterocycles. The van der Waals surface area contributed by atoms with Gasteiger partial charge in [0.05, 0.1) is 40.8 Å². The highest BCUT2D eigenvalue weighted by Gasteiger charge is 2.22. The molecule has 0 aliphatic heterocycles. The van der Waals surface area contributed by atoms with Gasteiger partial charge in [0.25, 0.3) is 5.91 Å². The minimum absolute atomic E-state index is 0.259. The van der Waals surface area contributed by atoms with E-state index in [4.69, 9.17) is 31.0 Å². The fourth-order valence-electron chi connectivity index (χ4n) is 4.45. The van der Waals surface area contributed by atoms with Crippen molar-refractivity contribution in [2.75, 3.05) is 12.4 Å². The maximum absolute atomic E-state index is 13.1. The second kappa shape index (κ2) is 12.0. The molecule has 0 aliphatic rings. The Labute approximate surface area is 249 Å². The van der Waals surface area contributed by atoms with Crippen molar-refractivity contribution in [2.24, 2.45) is 0 Å². The number of nitrogens with zero attached hydrogens (tertiary/aromatic N) is 2. The molecule has 7 nitrogen and oxygen atoms in total. The SMILES string of the molecule is COc1cc(Cl)c(C)cc1NC(=O)C(C)OC(=O)c1ccc2nc(-c3ccc(C)cc3)c(-c3ccc(C)cc3)nc2c1. The lowest BCUT2D eigenvalue weighted by atomic mass is 10.0. The van der Waals surface area contributed by atoms with E-state index in [-0.39, 0.29) is 5.56 Å². The molecule has 1 N–H and O–H groups in total. The van der Waals surface area contributed by atoms with Gasteiger partial charge < -0.3 is 14.8 Å². The average Bonchev–Trinajstić information content (AvgIpc) is 2.98. The maximum Gasteiger partial charge on any atom is 0.338 e. The van der Waals surface area contributed by atoms with E-state index in [9.17, 15) is 9.59 Å². The Morgan fingerprint density at radius 1 is 0.786 bits per heavy atom. The summed E-state index contributed by atoms with van der Waals surface area (Å²) < 4.78 is 10.8. The van der Waals surface area contributed by atoms with Crippen molar-refractivity contribution in [3.8, 4) is 28.3 Å². The maximum atomic E-state index is 13.1. The monoisotopic (exact) mass is 579 g/mol. The van der Waals surface area contributed by atoms with E-state index in [0.29, 0.717) is 33.2 Å². The number of hydrogen-bond donors (Lipinski definition) is 1. The first kappa shape index (κ1) is 28.8. The van der Waals surface area contributed by atoms with E-state index in [2.05, 4.69) is 5.32 Å². The van der Waals surface area contributed by atoms with E-state index >= 15 is 0 Å². The van der Waals surface area contributed by atoms with Crippen LogP contribution in [0, 0.1) is 20.8 Å². The highest BCUT2D eigenvalue weighted by atomic mass is 35.5. The Bertz CT molecular complexity index is 1800. The Hall–Kier alpha value is -4.75. The lowest BCUT2D eigenvalue weighted by Crippen LogP contribution is -2.30. The van der Waals surface area contributed by atoms with Gasteiger partial charge in [0, 0.05) is 22.2 Å². The fraction of sp³-hybridized carbons (Fsp3) is 0.176. The summed E-state index contributed by atoms with van der Waals surface area (Å²) in [7, 11) is 1.48. The summed E-state index contributed by atoms with van der Waals surface area (Å²) in [4.78, 5) is 35.9. The van der Waals surface area contributed by atoms with Crippen molar-refractivity contribution in [3.05, 3.63) is 106 Å². The number of aryl methyl sites for hydroxylation is 3. The number of hydrogen-bond acceptors (Lipinski definition) is 6. The number of nitrogens with one attached hydrogen (secondary N) is 1. The molecule has 1 heterocycles. The van der Waals surface area contributed by atoms with E-state index < -0.39 is 18.0 Å². The van der Waals surface area contributed by atoms with Gasteiger partial charge in [-0.2, -0.15) is 0 Å². The molecule has 0 saturated carbocycles. The third-order valence-electron chi connectivity index (χ3n) is 6.94. The van der Waals surface area contributed by atoms with E-state index in [1.54, 1.807) is 30.3 Å². The number of rotatable bonds is 7. The van der Waals surface area contributed by atoms with Gasteiger partial charge in [-0.05, 0) is 57.5 Å². The van der Waals surface area contributed by atoms with Gasteiger partial charge in [0.1, 0.15) is 5.75 Å². The molecular weight excluding hydrogens is 550 g/mol. The van der Waals surface area contributed by atoms with Gasteiger partial charge >= 0.3 is 5.97 Å². The number of carbonyl (C=O) groups excluding carboxylic acids is 2. The van der Waals surface area contributed by atoms with Crippen LogP contribution >= 0.6 is 11.6 Å². The van der Waals surface area contributed by atoms with Crippen LogP contribution in [0.15, 0.2) is 78.9 Å². The number of ether oxygens (including phenoxy) is 2. The third-order valence-corrected chi connectivity index (χ3v) is 7.35. The number of anilines is 1.